The van der Waals surface area contributed by atoms with E-state index in [2.05, 4.69) is 0 Å². The number of nitrogen functional groups attached to an aromatic ring is 1. The molecule has 0 saturated carbocycles. The molecule has 120 valence electrons. The van der Waals surface area contributed by atoms with Gasteiger partial charge in [0, 0.05) is 11.6 Å². The zero-order valence-corrected chi connectivity index (χ0v) is 13.3. The second-order valence-electron chi connectivity index (χ2n) is 6.63. The lowest BCUT2D eigenvalue weighted by molar-refractivity contribution is 0.0515. The van der Waals surface area contributed by atoms with Gasteiger partial charge < -0.3 is 15.6 Å². The zero-order chi connectivity index (χ0) is 16.7. The average Bonchev–Trinajstić information content (AvgIpc) is 2.54. The number of imide groups is 1. The van der Waals surface area contributed by atoms with Crippen molar-refractivity contribution in [2.75, 3.05) is 12.8 Å². The molecule has 0 radical (unpaired) electrons. The lowest BCUT2D eigenvalue weighted by Crippen LogP contribution is -2.49. The molecule has 3 N–H and O–H groups in total. The van der Waals surface area contributed by atoms with Gasteiger partial charge in [-0.2, -0.15) is 0 Å². The van der Waals surface area contributed by atoms with Gasteiger partial charge in [0.1, 0.15) is 5.75 Å². The molecule has 1 heterocycles. The summed E-state index contributed by atoms with van der Waals surface area (Å²) in [5, 5.41) is 9.52. The van der Waals surface area contributed by atoms with Crippen LogP contribution in [0.5, 0.6) is 5.75 Å². The van der Waals surface area contributed by atoms with Gasteiger partial charge in [-0.25, -0.2) is 9.69 Å². The van der Waals surface area contributed by atoms with Crippen molar-refractivity contribution in [3.8, 4) is 5.75 Å². The highest BCUT2D eigenvalue weighted by Crippen LogP contribution is 2.35. The van der Waals surface area contributed by atoms with Gasteiger partial charge in [0.05, 0.1) is 12.8 Å². The van der Waals surface area contributed by atoms with E-state index in [1.807, 2.05) is 20.8 Å². The summed E-state index contributed by atoms with van der Waals surface area (Å²) in [5.41, 5.74) is 7.12. The Kier molecular flexibility index (Phi) is 4.04. The Morgan fingerprint density at radius 1 is 1.41 bits per heavy atom. The van der Waals surface area contributed by atoms with Crippen molar-refractivity contribution in [1.29, 1.82) is 0 Å². The number of nitrogens with two attached hydrogens (primary N) is 1. The normalized spacial score (nSPS) is 18.6. The summed E-state index contributed by atoms with van der Waals surface area (Å²) < 4.78 is 5.15. The predicted octanol–water partition coefficient (Wildman–Crippen LogP) is 2.76. The molecule has 1 unspecified atom stereocenters. The van der Waals surface area contributed by atoms with Crippen LogP contribution in [0.4, 0.5) is 10.5 Å². The summed E-state index contributed by atoms with van der Waals surface area (Å²) in [6.07, 6.45) is -0.0602. The first kappa shape index (κ1) is 16.1. The molecular formula is C16H22N2O4. The molecule has 1 aromatic carbocycles. The Labute approximate surface area is 129 Å². The quantitative estimate of drug-likeness (QED) is 0.778. The van der Waals surface area contributed by atoms with Crippen molar-refractivity contribution < 1.29 is 19.4 Å². The van der Waals surface area contributed by atoms with Crippen molar-refractivity contribution in [2.24, 2.45) is 5.41 Å². The number of benzene rings is 1. The van der Waals surface area contributed by atoms with Crippen molar-refractivity contribution in [1.82, 2.24) is 4.90 Å². The smallest absolute Gasteiger partial charge is 0.414 e. The number of amides is 2. The first-order chi connectivity index (χ1) is 10.2. The van der Waals surface area contributed by atoms with Gasteiger partial charge in [0.2, 0.25) is 0 Å². The molecule has 0 spiro atoms. The summed E-state index contributed by atoms with van der Waals surface area (Å²) in [6.45, 7) is 5.81. The molecule has 2 rings (SSSR count). The number of carbonyl (C=O) groups is 2. The minimum Gasteiger partial charge on any atom is -0.495 e. The number of nitrogens with zero attached hydrogens (tertiary/aromatic N) is 1. The molecule has 2 amide bonds. The lowest BCUT2D eigenvalue weighted by Gasteiger charge is -2.36. The lowest BCUT2D eigenvalue weighted by atomic mass is 9.83. The minimum atomic E-state index is -1.23. The molecule has 6 nitrogen and oxygen atoms in total. The highest BCUT2D eigenvalue weighted by molar-refractivity contribution is 6.04. The number of methoxy groups -OCH3 is 1. The van der Waals surface area contributed by atoms with E-state index in [9.17, 15) is 14.7 Å². The van der Waals surface area contributed by atoms with E-state index in [1.54, 1.807) is 6.07 Å². The monoisotopic (exact) mass is 306 g/mol. The van der Waals surface area contributed by atoms with Crippen LogP contribution in [0.25, 0.3) is 0 Å². The Balaban J connectivity index is 2.58. The van der Waals surface area contributed by atoms with Crippen LogP contribution < -0.4 is 10.5 Å². The molecule has 0 bridgehead atoms. The molecule has 1 aliphatic heterocycles. The molecule has 1 aromatic rings. The number of aryl methyl sites for hydroxylation is 1. The molecule has 0 aliphatic carbocycles. The maximum Gasteiger partial charge on any atom is 0.414 e. The highest BCUT2D eigenvalue weighted by atomic mass is 16.5. The second kappa shape index (κ2) is 5.51. The van der Waals surface area contributed by atoms with Crippen LogP contribution in [-0.2, 0) is 6.42 Å². The van der Waals surface area contributed by atoms with Crippen LogP contribution >= 0.6 is 0 Å². The third-order valence-electron chi connectivity index (χ3n) is 4.11. The minimum absolute atomic E-state index is 0.342. The largest absolute Gasteiger partial charge is 0.495 e. The van der Waals surface area contributed by atoms with Crippen LogP contribution in [0.3, 0.4) is 0 Å². The first-order valence-electron chi connectivity index (χ1n) is 7.19. The second-order valence-corrected chi connectivity index (χ2v) is 6.63. The highest BCUT2D eigenvalue weighted by Gasteiger charge is 2.40. The number of hydrogen-bond acceptors (Lipinski definition) is 4. The molecule has 6 heteroatoms. The van der Waals surface area contributed by atoms with Crippen LogP contribution in [0.1, 0.15) is 43.1 Å². The number of fused-ring (bicyclic) bond motifs is 1. The SMILES string of the molecule is COc1cc2c(cc1N)CCC(C(C)(C)C)N(C(=O)O)C2=O. The fourth-order valence-electron chi connectivity index (χ4n) is 2.96. The Morgan fingerprint density at radius 2 is 2.05 bits per heavy atom. The van der Waals surface area contributed by atoms with E-state index in [0.29, 0.717) is 29.8 Å². The van der Waals surface area contributed by atoms with Crippen molar-refractivity contribution >= 4 is 17.7 Å². The fraction of sp³-hybridized carbons (Fsp3) is 0.500. The summed E-state index contributed by atoms with van der Waals surface area (Å²) in [6, 6.07) is 2.85. The summed E-state index contributed by atoms with van der Waals surface area (Å²) in [5.74, 6) is -0.134. The number of ether oxygens (including phenoxy) is 1. The summed E-state index contributed by atoms with van der Waals surface area (Å²) >= 11 is 0. The summed E-state index contributed by atoms with van der Waals surface area (Å²) in [7, 11) is 1.46. The first-order valence-corrected chi connectivity index (χ1v) is 7.19. The van der Waals surface area contributed by atoms with E-state index in [0.717, 1.165) is 10.5 Å². The molecule has 1 aliphatic rings. The number of rotatable bonds is 1. The van der Waals surface area contributed by atoms with E-state index in [-0.39, 0.29) is 5.41 Å². The third kappa shape index (κ3) is 2.73. The average molecular weight is 306 g/mol. The number of hydrogen-bond donors (Lipinski definition) is 2. The topological polar surface area (TPSA) is 92.9 Å². The fourth-order valence-corrected chi connectivity index (χ4v) is 2.96. The third-order valence-corrected chi connectivity index (χ3v) is 4.11. The standard InChI is InChI=1S/C16H22N2O4/c1-16(2,3)13-6-5-9-7-11(17)12(22-4)8-10(9)14(19)18(13)15(20)21/h7-8,13H,5-6,17H2,1-4H3,(H,20,21). The Hall–Kier alpha value is -2.24. The van der Waals surface area contributed by atoms with Gasteiger partial charge in [-0.05, 0) is 36.0 Å². The van der Waals surface area contributed by atoms with Gasteiger partial charge >= 0.3 is 6.09 Å². The number of carbonyl (C=O) groups excluding carboxylic acids is 1. The van der Waals surface area contributed by atoms with E-state index in [1.165, 1.54) is 13.2 Å². The maximum absolute atomic E-state index is 12.8. The molecular weight excluding hydrogens is 284 g/mol. The molecule has 0 saturated heterocycles. The van der Waals surface area contributed by atoms with Crippen LogP contribution in [0, 0.1) is 5.41 Å². The van der Waals surface area contributed by atoms with Crippen LogP contribution in [0.15, 0.2) is 12.1 Å². The molecule has 0 aromatic heterocycles. The van der Waals surface area contributed by atoms with Crippen molar-refractivity contribution in [2.45, 2.75) is 39.7 Å². The Morgan fingerprint density at radius 3 is 2.55 bits per heavy atom. The maximum atomic E-state index is 12.8. The molecule has 1 atom stereocenters. The number of carboxylic acid groups (broad SMARTS) is 1. The van der Waals surface area contributed by atoms with Crippen molar-refractivity contribution in [3.63, 3.8) is 0 Å². The van der Waals surface area contributed by atoms with E-state index < -0.39 is 18.0 Å². The van der Waals surface area contributed by atoms with Gasteiger partial charge in [-0.15, -0.1) is 0 Å². The van der Waals surface area contributed by atoms with Gasteiger partial charge in [0.15, 0.2) is 0 Å². The molecule has 22 heavy (non-hydrogen) atoms. The summed E-state index contributed by atoms with van der Waals surface area (Å²) in [4.78, 5) is 25.4. The number of anilines is 1. The zero-order valence-electron chi connectivity index (χ0n) is 13.3. The van der Waals surface area contributed by atoms with Crippen LogP contribution in [-0.4, -0.2) is 35.2 Å². The van der Waals surface area contributed by atoms with Gasteiger partial charge in [0.25, 0.3) is 5.91 Å². The van der Waals surface area contributed by atoms with E-state index in [4.69, 9.17) is 10.5 Å². The Bertz CT molecular complexity index is 619. The van der Waals surface area contributed by atoms with Crippen molar-refractivity contribution in [3.05, 3.63) is 23.3 Å². The van der Waals surface area contributed by atoms with Gasteiger partial charge in [-0.3, -0.25) is 4.79 Å². The van der Waals surface area contributed by atoms with Gasteiger partial charge in [-0.1, -0.05) is 20.8 Å². The van der Waals surface area contributed by atoms with Crippen LogP contribution in [0.2, 0.25) is 0 Å². The predicted molar refractivity (Wildman–Crippen MR) is 83.2 cm³/mol. The molecule has 0 fully saturated rings. The van der Waals surface area contributed by atoms with E-state index >= 15 is 0 Å².